The minimum atomic E-state index is -3.54. The summed E-state index contributed by atoms with van der Waals surface area (Å²) in [4.78, 5) is 4.98. The Balaban J connectivity index is 1.47. The zero-order valence-corrected chi connectivity index (χ0v) is 20.4. The number of halogens is 2. The minimum absolute atomic E-state index is 0.301. The summed E-state index contributed by atoms with van der Waals surface area (Å²) in [5, 5.41) is 8.30. The van der Waals surface area contributed by atoms with Gasteiger partial charge >= 0.3 is 0 Å². The van der Waals surface area contributed by atoms with Crippen LogP contribution in [0.25, 0.3) is 16.9 Å². The summed E-state index contributed by atoms with van der Waals surface area (Å²) in [5.41, 5.74) is 2.91. The molecule has 0 saturated carbocycles. The predicted octanol–water partition coefficient (Wildman–Crippen LogP) is 4.90. The molecule has 0 fully saturated rings. The quantitative estimate of drug-likeness (QED) is 0.314. The molecule has 166 valence electrons. The highest BCUT2D eigenvalue weighted by atomic mass is 79.9. The van der Waals surface area contributed by atoms with E-state index in [2.05, 4.69) is 36.1 Å². The van der Waals surface area contributed by atoms with Gasteiger partial charge in [0.25, 0.3) is 0 Å². The van der Waals surface area contributed by atoms with Crippen molar-refractivity contribution in [2.24, 2.45) is 0 Å². The Morgan fingerprint density at radius 3 is 2.62 bits per heavy atom. The number of aryl methyl sites for hydroxylation is 1. The molecule has 0 unspecified atom stereocenters. The van der Waals surface area contributed by atoms with E-state index in [9.17, 15) is 8.42 Å². The molecule has 7 nitrogen and oxygen atoms in total. The van der Waals surface area contributed by atoms with Gasteiger partial charge in [-0.05, 0) is 47.0 Å². The summed E-state index contributed by atoms with van der Waals surface area (Å²) in [6.07, 6.45) is 2.26. The normalized spacial score (nSPS) is 11.7. The van der Waals surface area contributed by atoms with Crippen LogP contribution in [-0.4, -0.2) is 36.1 Å². The number of sulfonamides is 1. The second kappa shape index (κ2) is 9.58. The Bertz CT molecular complexity index is 1370. The van der Waals surface area contributed by atoms with Gasteiger partial charge in [-0.1, -0.05) is 48.0 Å². The van der Waals surface area contributed by atoms with Crippen molar-refractivity contribution in [3.05, 3.63) is 75.9 Å². The van der Waals surface area contributed by atoms with Crippen LogP contribution in [0.15, 0.2) is 70.2 Å². The number of hydrogen-bond acceptors (Lipinski definition) is 5. The number of nitrogens with one attached hydrogen (secondary N) is 2. The van der Waals surface area contributed by atoms with Gasteiger partial charge in [0.05, 0.1) is 21.3 Å². The Labute approximate surface area is 200 Å². The molecular weight excluding hydrogens is 514 g/mol. The number of nitrogens with zero attached hydrogens (tertiary/aromatic N) is 3. The van der Waals surface area contributed by atoms with E-state index in [1.54, 1.807) is 35.8 Å². The zero-order chi connectivity index (χ0) is 22.7. The van der Waals surface area contributed by atoms with Gasteiger partial charge in [0, 0.05) is 29.7 Å². The topological polar surface area (TPSA) is 88.4 Å². The average Bonchev–Trinajstić information content (AvgIpc) is 3.15. The molecule has 0 amide bonds. The first kappa shape index (κ1) is 22.7. The van der Waals surface area contributed by atoms with Crippen molar-refractivity contribution in [3.8, 4) is 11.3 Å². The first-order valence-electron chi connectivity index (χ1n) is 9.95. The summed E-state index contributed by atoms with van der Waals surface area (Å²) in [5.74, 6) is 0.734. The van der Waals surface area contributed by atoms with E-state index in [1.807, 2.05) is 36.4 Å². The lowest BCUT2D eigenvalue weighted by molar-refractivity contribution is 0.579. The highest BCUT2D eigenvalue weighted by molar-refractivity contribution is 9.10. The van der Waals surface area contributed by atoms with Crippen molar-refractivity contribution in [2.45, 2.75) is 18.2 Å². The summed E-state index contributed by atoms with van der Waals surface area (Å²) >= 11 is 9.85. The van der Waals surface area contributed by atoms with Crippen LogP contribution in [0.2, 0.25) is 5.02 Å². The molecule has 2 aromatic carbocycles. The largest absolute Gasteiger partial charge is 0.370 e. The molecule has 4 aromatic rings. The first-order chi connectivity index (χ1) is 15.4. The molecule has 10 heteroatoms. The first-order valence-corrected chi connectivity index (χ1v) is 12.6. The van der Waals surface area contributed by atoms with E-state index < -0.39 is 10.0 Å². The molecule has 0 radical (unpaired) electrons. The molecule has 2 N–H and O–H groups in total. The molecule has 32 heavy (non-hydrogen) atoms. The number of hydrogen-bond donors (Lipinski definition) is 2. The molecule has 0 aliphatic carbocycles. The average molecular weight is 535 g/mol. The van der Waals surface area contributed by atoms with E-state index >= 15 is 0 Å². The smallest absolute Gasteiger partial charge is 0.240 e. The van der Waals surface area contributed by atoms with Crippen molar-refractivity contribution in [1.82, 2.24) is 19.3 Å². The number of aromatic nitrogens is 3. The van der Waals surface area contributed by atoms with Gasteiger partial charge in [0.1, 0.15) is 5.82 Å². The molecule has 4 rings (SSSR count). The van der Waals surface area contributed by atoms with Crippen molar-refractivity contribution >= 4 is 49.0 Å². The fraction of sp³-hybridized carbons (Fsp3) is 0.182. The lowest BCUT2D eigenvalue weighted by Gasteiger charge is -2.12. The minimum Gasteiger partial charge on any atom is -0.370 e. The third-order valence-electron chi connectivity index (χ3n) is 4.91. The van der Waals surface area contributed by atoms with Crippen LogP contribution in [0.1, 0.15) is 12.0 Å². The second-order valence-corrected chi connectivity index (χ2v) is 10.2. The third-order valence-corrected chi connectivity index (χ3v) is 7.42. The molecule has 0 atom stereocenters. The van der Waals surface area contributed by atoms with Gasteiger partial charge in [-0.2, -0.15) is 9.61 Å². The molecule has 2 aromatic heterocycles. The zero-order valence-electron chi connectivity index (χ0n) is 17.2. The molecule has 0 aliphatic heterocycles. The van der Waals surface area contributed by atoms with E-state index in [-0.39, 0.29) is 0 Å². The monoisotopic (exact) mass is 533 g/mol. The second-order valence-electron chi connectivity index (χ2n) is 7.18. The van der Waals surface area contributed by atoms with Crippen LogP contribution in [0, 0.1) is 6.92 Å². The SMILES string of the molecule is Cc1ccccc1S(=O)(=O)NCCCNc1cc(-c2ccccc2Cl)nc2c(Br)cnn12. The fourth-order valence-corrected chi connectivity index (χ4v) is 5.21. The van der Waals surface area contributed by atoms with Crippen molar-refractivity contribution in [1.29, 1.82) is 0 Å². The molecular formula is C22H21BrClN5O2S. The van der Waals surface area contributed by atoms with Crippen molar-refractivity contribution in [2.75, 3.05) is 18.4 Å². The third kappa shape index (κ3) is 4.80. The molecule has 2 heterocycles. The van der Waals surface area contributed by atoms with Crippen LogP contribution < -0.4 is 10.0 Å². The summed E-state index contributed by atoms with van der Waals surface area (Å²) < 4.78 is 30.2. The van der Waals surface area contributed by atoms with E-state index in [0.717, 1.165) is 15.9 Å². The lowest BCUT2D eigenvalue weighted by atomic mass is 10.1. The van der Waals surface area contributed by atoms with Gasteiger partial charge in [-0.15, -0.1) is 0 Å². The van der Waals surface area contributed by atoms with E-state index in [0.29, 0.717) is 46.3 Å². The standard InChI is InChI=1S/C22H21BrClN5O2S/c1-15-7-2-5-10-20(15)32(30,31)27-12-6-11-25-21-13-19(16-8-3-4-9-18(16)24)28-22-17(23)14-26-29(21)22/h2-5,7-10,13-14,25,27H,6,11-12H2,1H3. The summed E-state index contributed by atoms with van der Waals surface area (Å²) in [6, 6.07) is 16.3. The predicted molar refractivity (Wildman–Crippen MR) is 131 cm³/mol. The van der Waals surface area contributed by atoms with Gasteiger partial charge in [0.15, 0.2) is 5.65 Å². The van der Waals surface area contributed by atoms with E-state index in [1.165, 1.54) is 0 Å². The molecule has 0 spiro atoms. The van der Waals surface area contributed by atoms with Crippen LogP contribution >= 0.6 is 27.5 Å². The van der Waals surface area contributed by atoms with Gasteiger partial charge < -0.3 is 5.32 Å². The van der Waals surface area contributed by atoms with Gasteiger partial charge in [-0.25, -0.2) is 18.1 Å². The lowest BCUT2D eigenvalue weighted by Crippen LogP contribution is -2.26. The maximum Gasteiger partial charge on any atom is 0.240 e. The number of benzene rings is 2. The maximum atomic E-state index is 12.5. The van der Waals surface area contributed by atoms with Crippen LogP contribution in [0.5, 0.6) is 0 Å². The number of anilines is 1. The molecule has 0 saturated heterocycles. The Hall–Kier alpha value is -2.46. The van der Waals surface area contributed by atoms with Gasteiger partial charge in [-0.3, -0.25) is 0 Å². The van der Waals surface area contributed by atoms with Crippen LogP contribution in [0.3, 0.4) is 0 Å². The highest BCUT2D eigenvalue weighted by Gasteiger charge is 2.16. The Morgan fingerprint density at radius 2 is 1.84 bits per heavy atom. The molecule has 0 aliphatic rings. The molecule has 0 bridgehead atoms. The summed E-state index contributed by atoms with van der Waals surface area (Å²) in [6.45, 7) is 2.62. The maximum absolute atomic E-state index is 12.5. The number of rotatable bonds is 8. The Kier molecular flexibility index (Phi) is 6.80. The van der Waals surface area contributed by atoms with Crippen LogP contribution in [-0.2, 0) is 10.0 Å². The van der Waals surface area contributed by atoms with Crippen molar-refractivity contribution in [3.63, 3.8) is 0 Å². The number of fused-ring (bicyclic) bond motifs is 1. The van der Waals surface area contributed by atoms with Crippen molar-refractivity contribution < 1.29 is 8.42 Å². The van der Waals surface area contributed by atoms with Gasteiger partial charge in [0.2, 0.25) is 10.0 Å². The van der Waals surface area contributed by atoms with E-state index in [4.69, 9.17) is 11.6 Å². The van der Waals surface area contributed by atoms with Crippen LogP contribution in [0.4, 0.5) is 5.82 Å². The Morgan fingerprint density at radius 1 is 1.09 bits per heavy atom. The fourth-order valence-electron chi connectivity index (χ4n) is 3.32. The summed E-state index contributed by atoms with van der Waals surface area (Å²) in [7, 11) is -3.54. The highest BCUT2D eigenvalue weighted by Crippen LogP contribution is 2.30.